The van der Waals surface area contributed by atoms with Gasteiger partial charge in [-0.2, -0.15) is 18.3 Å². The van der Waals surface area contributed by atoms with E-state index in [1.54, 1.807) is 0 Å². The lowest BCUT2D eigenvalue weighted by Crippen LogP contribution is -2.44. The number of allylic oxidation sites excluding steroid dienone is 1. The fourth-order valence-corrected chi connectivity index (χ4v) is 4.02. The van der Waals surface area contributed by atoms with Crippen molar-refractivity contribution in [3.63, 3.8) is 0 Å². The molecular formula is C24H26F3N3O. The Bertz CT molecular complexity index is 1040. The number of hydrazone groups is 1. The summed E-state index contributed by atoms with van der Waals surface area (Å²) in [5.74, 6) is -0.483. The molecule has 1 aliphatic rings. The predicted molar refractivity (Wildman–Crippen MR) is 118 cm³/mol. The summed E-state index contributed by atoms with van der Waals surface area (Å²) in [4.78, 5) is 14.4. The molecule has 1 heterocycles. The maximum Gasteiger partial charge on any atom is 0.416 e. The Morgan fingerprint density at radius 3 is 2.61 bits per heavy atom. The highest BCUT2D eigenvalue weighted by Gasteiger charge is 2.31. The second-order valence-corrected chi connectivity index (χ2v) is 8.17. The van der Waals surface area contributed by atoms with Crippen LogP contribution < -0.4 is 10.3 Å². The first-order valence-corrected chi connectivity index (χ1v) is 10.1. The molecule has 1 aliphatic heterocycles. The number of anilines is 1. The SMILES string of the molecule is CCN1c2ccc(/C=N\NC(=O)Cc3cccc(C(F)(F)F)c3)cc2C(C)=CC1(C)C. The van der Waals surface area contributed by atoms with Gasteiger partial charge in [-0.1, -0.05) is 30.3 Å². The molecule has 0 fully saturated rings. The summed E-state index contributed by atoms with van der Waals surface area (Å²) in [5, 5.41) is 3.97. The fourth-order valence-electron chi connectivity index (χ4n) is 4.02. The molecule has 31 heavy (non-hydrogen) atoms. The Morgan fingerprint density at radius 2 is 1.94 bits per heavy atom. The van der Waals surface area contributed by atoms with Crippen LogP contribution in [-0.4, -0.2) is 24.2 Å². The van der Waals surface area contributed by atoms with Gasteiger partial charge < -0.3 is 4.90 Å². The van der Waals surface area contributed by atoms with E-state index in [9.17, 15) is 18.0 Å². The zero-order valence-corrected chi connectivity index (χ0v) is 18.0. The van der Waals surface area contributed by atoms with Crippen LogP contribution in [0.25, 0.3) is 5.57 Å². The van der Waals surface area contributed by atoms with Gasteiger partial charge in [0.15, 0.2) is 0 Å². The number of carbonyl (C=O) groups excluding carboxylic acids is 1. The number of nitrogens with zero attached hydrogens (tertiary/aromatic N) is 2. The van der Waals surface area contributed by atoms with Crippen LogP contribution in [0, 0.1) is 0 Å². The van der Waals surface area contributed by atoms with Crippen molar-refractivity contribution in [3.8, 4) is 0 Å². The number of hydrogen-bond donors (Lipinski definition) is 1. The van der Waals surface area contributed by atoms with Gasteiger partial charge in [0.25, 0.3) is 0 Å². The Labute approximate surface area is 180 Å². The van der Waals surface area contributed by atoms with Crippen LogP contribution in [-0.2, 0) is 17.4 Å². The van der Waals surface area contributed by atoms with E-state index in [1.165, 1.54) is 23.9 Å². The Hall–Kier alpha value is -3.09. The van der Waals surface area contributed by atoms with E-state index >= 15 is 0 Å². The van der Waals surface area contributed by atoms with E-state index < -0.39 is 17.6 Å². The molecule has 1 N–H and O–H groups in total. The number of likely N-dealkylation sites (N-methyl/N-ethyl adjacent to an activating group) is 1. The lowest BCUT2D eigenvalue weighted by molar-refractivity contribution is -0.137. The van der Waals surface area contributed by atoms with Crippen LogP contribution in [0.3, 0.4) is 0 Å². The van der Waals surface area contributed by atoms with E-state index in [4.69, 9.17) is 0 Å². The number of halogens is 3. The molecule has 2 aromatic rings. The predicted octanol–water partition coefficient (Wildman–Crippen LogP) is 5.42. The third-order valence-corrected chi connectivity index (χ3v) is 5.34. The van der Waals surface area contributed by atoms with Crippen molar-refractivity contribution in [2.45, 2.75) is 45.8 Å². The summed E-state index contributed by atoms with van der Waals surface area (Å²) in [5.41, 5.74) is 6.08. The van der Waals surface area contributed by atoms with Crippen LogP contribution in [0.15, 0.2) is 53.6 Å². The highest BCUT2D eigenvalue weighted by molar-refractivity contribution is 5.88. The molecule has 0 unspecified atom stereocenters. The Kier molecular flexibility index (Phi) is 6.25. The minimum atomic E-state index is -4.44. The van der Waals surface area contributed by atoms with Gasteiger partial charge in [0.05, 0.1) is 23.7 Å². The Morgan fingerprint density at radius 1 is 1.19 bits per heavy atom. The maximum atomic E-state index is 12.8. The van der Waals surface area contributed by atoms with Crippen LogP contribution in [0.2, 0.25) is 0 Å². The van der Waals surface area contributed by atoms with Gasteiger partial charge in [-0.25, -0.2) is 5.43 Å². The average Bonchev–Trinajstić information content (AvgIpc) is 2.67. The summed E-state index contributed by atoms with van der Waals surface area (Å²) in [7, 11) is 0. The van der Waals surface area contributed by atoms with E-state index in [0.717, 1.165) is 35.5 Å². The molecule has 164 valence electrons. The van der Waals surface area contributed by atoms with Crippen molar-refractivity contribution in [1.82, 2.24) is 5.43 Å². The van der Waals surface area contributed by atoms with E-state index in [1.807, 2.05) is 18.2 Å². The number of benzene rings is 2. The molecular weight excluding hydrogens is 403 g/mol. The smallest absolute Gasteiger partial charge is 0.363 e. The standard InChI is InChI=1S/C24H26F3N3O/c1-5-30-21-10-9-18(12-20(21)16(2)14-23(30,3)4)15-28-29-22(31)13-17-7-6-8-19(11-17)24(25,26)27/h6-12,14-15H,5,13H2,1-4H3,(H,29,31)/b28-15-. The topological polar surface area (TPSA) is 44.7 Å². The minimum Gasteiger partial charge on any atom is -0.363 e. The second-order valence-electron chi connectivity index (χ2n) is 8.17. The first-order valence-electron chi connectivity index (χ1n) is 10.1. The number of hydrogen-bond acceptors (Lipinski definition) is 3. The van der Waals surface area contributed by atoms with Gasteiger partial charge in [-0.15, -0.1) is 0 Å². The normalized spacial score (nSPS) is 15.6. The molecule has 3 rings (SSSR count). The largest absolute Gasteiger partial charge is 0.416 e. The molecule has 4 nitrogen and oxygen atoms in total. The van der Waals surface area contributed by atoms with Gasteiger partial charge in [0, 0.05) is 17.8 Å². The summed E-state index contributed by atoms with van der Waals surface area (Å²) < 4.78 is 38.4. The maximum absolute atomic E-state index is 12.8. The van der Waals surface area contributed by atoms with Crippen molar-refractivity contribution < 1.29 is 18.0 Å². The number of rotatable bonds is 5. The van der Waals surface area contributed by atoms with Crippen molar-refractivity contribution in [2.24, 2.45) is 5.10 Å². The minimum absolute atomic E-state index is 0.0706. The van der Waals surface area contributed by atoms with Crippen LogP contribution in [0.5, 0.6) is 0 Å². The van der Waals surface area contributed by atoms with Crippen molar-refractivity contribution in [1.29, 1.82) is 0 Å². The summed E-state index contributed by atoms with van der Waals surface area (Å²) >= 11 is 0. The van der Waals surface area contributed by atoms with Crippen molar-refractivity contribution in [3.05, 3.63) is 70.8 Å². The van der Waals surface area contributed by atoms with E-state index in [-0.39, 0.29) is 17.5 Å². The van der Waals surface area contributed by atoms with E-state index in [2.05, 4.69) is 49.2 Å². The van der Waals surface area contributed by atoms with Crippen LogP contribution >= 0.6 is 0 Å². The van der Waals surface area contributed by atoms with Crippen molar-refractivity contribution >= 4 is 23.4 Å². The molecule has 0 aromatic heterocycles. The van der Waals surface area contributed by atoms with Gasteiger partial charge in [0.1, 0.15) is 0 Å². The van der Waals surface area contributed by atoms with Crippen LogP contribution in [0.1, 0.15) is 49.9 Å². The summed E-state index contributed by atoms with van der Waals surface area (Å²) in [6, 6.07) is 10.7. The average molecular weight is 429 g/mol. The monoisotopic (exact) mass is 429 g/mol. The third-order valence-electron chi connectivity index (χ3n) is 5.34. The fraction of sp³-hybridized carbons (Fsp3) is 0.333. The first-order chi connectivity index (χ1) is 14.5. The highest BCUT2D eigenvalue weighted by Crippen LogP contribution is 2.38. The van der Waals surface area contributed by atoms with Crippen molar-refractivity contribution in [2.75, 3.05) is 11.4 Å². The quantitative estimate of drug-likeness (QED) is 0.510. The summed E-state index contributed by atoms with van der Waals surface area (Å²) in [6.07, 6.45) is -0.857. The number of alkyl halides is 3. The molecule has 2 aromatic carbocycles. The molecule has 0 bridgehead atoms. The number of fused-ring (bicyclic) bond motifs is 1. The molecule has 0 spiro atoms. The number of amides is 1. The van der Waals surface area contributed by atoms with Crippen LogP contribution in [0.4, 0.5) is 18.9 Å². The summed E-state index contributed by atoms with van der Waals surface area (Å²) in [6.45, 7) is 9.43. The van der Waals surface area contributed by atoms with Gasteiger partial charge >= 0.3 is 6.18 Å². The number of nitrogens with one attached hydrogen (secondary N) is 1. The second kappa shape index (κ2) is 8.57. The lowest BCUT2D eigenvalue weighted by Gasteiger charge is -2.42. The first kappa shape index (κ1) is 22.6. The third kappa shape index (κ3) is 5.16. The van der Waals surface area contributed by atoms with E-state index in [0.29, 0.717) is 0 Å². The zero-order chi connectivity index (χ0) is 22.8. The molecule has 0 atom stereocenters. The van der Waals surface area contributed by atoms with Gasteiger partial charge in [0.2, 0.25) is 5.91 Å². The molecule has 0 aliphatic carbocycles. The molecule has 0 saturated heterocycles. The molecule has 0 radical (unpaired) electrons. The highest BCUT2D eigenvalue weighted by atomic mass is 19.4. The van der Waals surface area contributed by atoms with Gasteiger partial charge in [-0.3, -0.25) is 4.79 Å². The molecule has 7 heteroatoms. The Balaban J connectivity index is 1.68. The molecule has 1 amide bonds. The zero-order valence-electron chi connectivity index (χ0n) is 18.0. The number of carbonyl (C=O) groups is 1. The molecule has 0 saturated carbocycles. The van der Waals surface area contributed by atoms with Gasteiger partial charge in [-0.05, 0) is 62.6 Å². The lowest BCUT2D eigenvalue weighted by atomic mass is 9.88.